The van der Waals surface area contributed by atoms with Gasteiger partial charge in [0.1, 0.15) is 5.54 Å². The molecule has 0 aromatic heterocycles. The van der Waals surface area contributed by atoms with E-state index in [-0.39, 0.29) is 30.6 Å². The molecule has 25 heavy (non-hydrogen) atoms. The molecule has 0 aliphatic carbocycles. The van der Waals surface area contributed by atoms with Gasteiger partial charge in [0, 0.05) is 12.8 Å². The van der Waals surface area contributed by atoms with Crippen LogP contribution in [0, 0.1) is 0 Å². The highest BCUT2D eigenvalue weighted by molar-refractivity contribution is 7.89. The van der Waals surface area contributed by atoms with Crippen LogP contribution in [0.2, 0.25) is 0 Å². The van der Waals surface area contributed by atoms with Crippen molar-refractivity contribution in [1.82, 2.24) is 5.32 Å². The average Bonchev–Trinajstić information content (AvgIpc) is 2.53. The van der Waals surface area contributed by atoms with Crippen molar-refractivity contribution >= 4 is 28.2 Å². The zero-order chi connectivity index (χ0) is 17.8. The van der Waals surface area contributed by atoms with Crippen LogP contribution in [0.4, 0.5) is 0 Å². The number of carbonyl (C=O) groups is 1. The molecule has 0 aliphatic heterocycles. The van der Waals surface area contributed by atoms with E-state index in [9.17, 15) is 13.2 Å². The second kappa shape index (κ2) is 8.47. The minimum atomic E-state index is -3.15. The smallest absolute Gasteiger partial charge is 0.244 e. The van der Waals surface area contributed by atoms with Gasteiger partial charge >= 0.3 is 0 Å². The Kier molecular flexibility index (Phi) is 7.17. The summed E-state index contributed by atoms with van der Waals surface area (Å²) in [5, 5.41) is 2.81. The van der Waals surface area contributed by atoms with Crippen molar-refractivity contribution < 1.29 is 13.2 Å². The molecule has 0 bridgehead atoms. The highest BCUT2D eigenvalue weighted by Crippen LogP contribution is 2.18. The van der Waals surface area contributed by atoms with E-state index >= 15 is 0 Å². The molecule has 1 atom stereocenters. The zero-order valence-corrected chi connectivity index (χ0v) is 15.9. The van der Waals surface area contributed by atoms with Gasteiger partial charge in [-0.15, -0.1) is 12.4 Å². The quantitative estimate of drug-likeness (QED) is 0.801. The van der Waals surface area contributed by atoms with Gasteiger partial charge in [-0.25, -0.2) is 8.42 Å². The molecule has 0 spiro atoms. The zero-order valence-electron chi connectivity index (χ0n) is 14.2. The van der Waals surface area contributed by atoms with Gasteiger partial charge in [-0.3, -0.25) is 4.79 Å². The van der Waals surface area contributed by atoms with Crippen LogP contribution in [-0.4, -0.2) is 20.6 Å². The third-order valence-electron chi connectivity index (χ3n) is 3.82. The maximum atomic E-state index is 12.5. The average molecular weight is 383 g/mol. The third-order valence-corrected chi connectivity index (χ3v) is 4.66. The van der Waals surface area contributed by atoms with Crippen LogP contribution in [0.1, 0.15) is 23.6 Å². The van der Waals surface area contributed by atoms with Crippen molar-refractivity contribution in [3.05, 3.63) is 71.3 Å². The molecule has 1 unspecified atom stereocenters. The molecule has 0 radical (unpaired) electrons. The summed E-state index contributed by atoms with van der Waals surface area (Å²) in [6.45, 7) is 1.88. The van der Waals surface area contributed by atoms with Gasteiger partial charge in [0.15, 0.2) is 9.84 Å². The largest absolute Gasteiger partial charge is 0.350 e. The van der Waals surface area contributed by atoms with E-state index in [1.807, 2.05) is 24.3 Å². The molecule has 0 heterocycles. The van der Waals surface area contributed by atoms with E-state index in [1.165, 1.54) is 6.26 Å². The minimum absolute atomic E-state index is 0. The number of sulfone groups is 1. The summed E-state index contributed by atoms with van der Waals surface area (Å²) >= 11 is 0. The Balaban J connectivity index is 0.00000312. The van der Waals surface area contributed by atoms with E-state index < -0.39 is 15.4 Å². The van der Waals surface area contributed by atoms with Gasteiger partial charge in [0.2, 0.25) is 5.91 Å². The molecule has 5 nitrogen and oxygen atoms in total. The summed E-state index contributed by atoms with van der Waals surface area (Å²) in [5.41, 5.74) is 7.18. The van der Waals surface area contributed by atoms with Crippen molar-refractivity contribution in [2.24, 2.45) is 5.73 Å². The first kappa shape index (κ1) is 21.2. The third kappa shape index (κ3) is 5.85. The van der Waals surface area contributed by atoms with Gasteiger partial charge in [-0.05, 0) is 23.6 Å². The summed E-state index contributed by atoms with van der Waals surface area (Å²) in [6, 6.07) is 16.3. The normalized spacial score (nSPS) is 13.4. The molecule has 2 aromatic rings. The van der Waals surface area contributed by atoms with Gasteiger partial charge in [-0.1, -0.05) is 54.6 Å². The Bertz CT molecular complexity index is 821. The molecule has 3 N–H and O–H groups in total. The Labute approximate surface area is 155 Å². The monoisotopic (exact) mass is 382 g/mol. The number of nitrogens with two attached hydrogens (primary N) is 1. The fraction of sp³-hybridized carbons (Fsp3) is 0.278. The number of halogens is 1. The van der Waals surface area contributed by atoms with Crippen molar-refractivity contribution in [3.63, 3.8) is 0 Å². The van der Waals surface area contributed by atoms with Crippen LogP contribution in [-0.2, 0) is 32.5 Å². The Morgan fingerprint density at radius 3 is 2.12 bits per heavy atom. The van der Waals surface area contributed by atoms with E-state index in [0.29, 0.717) is 11.1 Å². The van der Waals surface area contributed by atoms with Gasteiger partial charge < -0.3 is 11.1 Å². The summed E-state index contributed by atoms with van der Waals surface area (Å²) in [4.78, 5) is 12.5. The van der Waals surface area contributed by atoms with Gasteiger partial charge in [-0.2, -0.15) is 0 Å². The molecule has 0 saturated carbocycles. The Morgan fingerprint density at radius 2 is 1.56 bits per heavy atom. The first-order valence-electron chi connectivity index (χ1n) is 7.57. The molecule has 136 valence electrons. The summed E-state index contributed by atoms with van der Waals surface area (Å²) in [5.74, 6) is -0.375. The molecule has 2 aromatic carbocycles. The Hall–Kier alpha value is -1.89. The molecule has 0 fully saturated rings. The van der Waals surface area contributed by atoms with E-state index in [1.54, 1.807) is 37.3 Å². The molecule has 1 amide bonds. The molecular formula is C18H23ClN2O3S. The first-order valence-corrected chi connectivity index (χ1v) is 9.63. The number of hydrogen-bond donors (Lipinski definition) is 2. The Morgan fingerprint density at radius 1 is 1.04 bits per heavy atom. The van der Waals surface area contributed by atoms with E-state index in [0.717, 1.165) is 5.56 Å². The maximum absolute atomic E-state index is 12.5. The molecular weight excluding hydrogens is 360 g/mol. The SMILES string of the molecule is CC(N)(C(=O)NCc1ccccc1CS(C)(=O)=O)c1ccccc1.Cl. The van der Waals surface area contributed by atoms with Crippen LogP contribution < -0.4 is 11.1 Å². The molecule has 0 saturated heterocycles. The summed E-state index contributed by atoms with van der Waals surface area (Å²) in [7, 11) is -3.15. The number of hydrogen-bond acceptors (Lipinski definition) is 4. The second-order valence-electron chi connectivity index (χ2n) is 6.09. The second-order valence-corrected chi connectivity index (χ2v) is 8.23. The van der Waals surface area contributed by atoms with Gasteiger partial charge in [0.25, 0.3) is 0 Å². The minimum Gasteiger partial charge on any atom is -0.350 e. The fourth-order valence-corrected chi connectivity index (χ4v) is 3.27. The van der Waals surface area contributed by atoms with Crippen molar-refractivity contribution in [2.75, 3.05) is 6.26 Å². The van der Waals surface area contributed by atoms with Crippen molar-refractivity contribution in [1.29, 1.82) is 0 Å². The molecule has 2 rings (SSSR count). The van der Waals surface area contributed by atoms with E-state index in [2.05, 4.69) is 5.32 Å². The number of benzene rings is 2. The van der Waals surface area contributed by atoms with Crippen LogP contribution in [0.5, 0.6) is 0 Å². The lowest BCUT2D eigenvalue weighted by atomic mass is 9.92. The highest BCUT2D eigenvalue weighted by Gasteiger charge is 2.30. The number of rotatable bonds is 6. The first-order chi connectivity index (χ1) is 11.2. The van der Waals surface area contributed by atoms with Crippen molar-refractivity contribution in [3.8, 4) is 0 Å². The topological polar surface area (TPSA) is 89.3 Å². The lowest BCUT2D eigenvalue weighted by molar-refractivity contribution is -0.126. The summed E-state index contributed by atoms with van der Waals surface area (Å²) < 4.78 is 23.1. The van der Waals surface area contributed by atoms with Crippen LogP contribution in [0.15, 0.2) is 54.6 Å². The van der Waals surface area contributed by atoms with Crippen LogP contribution >= 0.6 is 12.4 Å². The number of amides is 1. The lowest BCUT2D eigenvalue weighted by Crippen LogP contribution is -2.48. The van der Waals surface area contributed by atoms with Crippen LogP contribution in [0.3, 0.4) is 0 Å². The predicted molar refractivity (Wildman–Crippen MR) is 102 cm³/mol. The maximum Gasteiger partial charge on any atom is 0.244 e. The van der Waals surface area contributed by atoms with Crippen molar-refractivity contribution in [2.45, 2.75) is 24.8 Å². The molecule has 0 aliphatic rings. The predicted octanol–water partition coefficient (Wildman–Crippen LogP) is 2.14. The number of nitrogens with one attached hydrogen (secondary N) is 1. The van der Waals surface area contributed by atoms with Crippen LogP contribution in [0.25, 0.3) is 0 Å². The number of carbonyl (C=O) groups excluding carboxylic acids is 1. The van der Waals surface area contributed by atoms with Gasteiger partial charge in [0.05, 0.1) is 5.75 Å². The highest BCUT2D eigenvalue weighted by atomic mass is 35.5. The standard InChI is InChI=1S/C18H22N2O3S.ClH/c1-18(19,16-10-4-3-5-11-16)17(21)20-12-14-8-6-7-9-15(14)13-24(2,22)23;/h3-11H,12-13,19H2,1-2H3,(H,20,21);1H. The summed E-state index contributed by atoms with van der Waals surface area (Å²) in [6.07, 6.45) is 1.19. The van der Waals surface area contributed by atoms with E-state index in [4.69, 9.17) is 5.73 Å². The molecule has 7 heteroatoms. The lowest BCUT2D eigenvalue weighted by Gasteiger charge is -2.24. The fourth-order valence-electron chi connectivity index (χ4n) is 2.43.